The number of carboxylic acids is 1. The molecule has 2 aliphatic heterocycles. The van der Waals surface area contributed by atoms with Gasteiger partial charge in [-0.2, -0.15) is 0 Å². The van der Waals surface area contributed by atoms with Crippen molar-refractivity contribution < 1.29 is 32.7 Å². The van der Waals surface area contributed by atoms with Crippen LogP contribution in [0, 0.1) is 11.8 Å². The molecule has 0 spiro atoms. The molecule has 2 heterocycles. The van der Waals surface area contributed by atoms with Gasteiger partial charge in [0.1, 0.15) is 17.3 Å². The molecule has 1 N–H and O–H groups in total. The topological polar surface area (TPSA) is 94.5 Å². The average Bonchev–Trinajstić information content (AvgIpc) is 3.02. The molecule has 2 aromatic rings. The minimum Gasteiger partial charge on any atom is -0.476 e. The monoisotopic (exact) mass is 515 g/mol. The van der Waals surface area contributed by atoms with Gasteiger partial charge in [-0.05, 0) is 50.8 Å². The predicted octanol–water partition coefficient (Wildman–Crippen LogP) is 5.40. The number of hydrogen-bond acceptors (Lipinski definition) is 6. The maximum Gasteiger partial charge on any atom is 0.530 e. The molecule has 35 heavy (non-hydrogen) atoms. The third-order valence-corrected chi connectivity index (χ3v) is 8.00. The smallest absolute Gasteiger partial charge is 0.476 e. The Hall–Kier alpha value is -2.87. The molecule has 8 nitrogen and oxygen atoms in total. The Balaban J connectivity index is 1.61. The highest BCUT2D eigenvalue weighted by atomic mass is 31.2. The fourth-order valence-corrected chi connectivity index (χ4v) is 6.91. The van der Waals surface area contributed by atoms with Crippen LogP contribution < -0.4 is 9.05 Å². The number of para-hydroxylation sites is 2. The van der Waals surface area contributed by atoms with E-state index in [9.17, 15) is 14.7 Å². The van der Waals surface area contributed by atoms with Crippen molar-refractivity contribution in [3.05, 3.63) is 72.1 Å². The molecule has 0 unspecified atom stereocenters. The maximum atomic E-state index is 13.1. The van der Waals surface area contributed by atoms with Crippen LogP contribution in [0.5, 0.6) is 11.5 Å². The Kier molecular flexibility index (Phi) is 7.21. The zero-order valence-electron chi connectivity index (χ0n) is 20.4. The quantitative estimate of drug-likeness (QED) is 0.257. The minimum atomic E-state index is -2.06. The molecule has 0 bridgehead atoms. The van der Waals surface area contributed by atoms with Crippen LogP contribution in [0.3, 0.4) is 0 Å². The van der Waals surface area contributed by atoms with Gasteiger partial charge in [0.05, 0.1) is 18.1 Å². The summed E-state index contributed by atoms with van der Waals surface area (Å²) in [7, 11) is -3.96. The minimum absolute atomic E-state index is 0.162. The second-order valence-corrected chi connectivity index (χ2v) is 15.0. The van der Waals surface area contributed by atoms with E-state index in [0.29, 0.717) is 11.5 Å². The third-order valence-electron chi connectivity index (χ3n) is 5.86. The zero-order valence-corrected chi connectivity index (χ0v) is 22.3. The van der Waals surface area contributed by atoms with Crippen LogP contribution in [0.1, 0.15) is 13.8 Å². The lowest BCUT2D eigenvalue weighted by molar-refractivity contribution is -0.162. The molecule has 1 saturated heterocycles. The number of amides is 1. The van der Waals surface area contributed by atoms with E-state index in [-0.39, 0.29) is 35.4 Å². The van der Waals surface area contributed by atoms with E-state index in [1.54, 1.807) is 24.3 Å². The van der Waals surface area contributed by atoms with Crippen molar-refractivity contribution >= 4 is 28.8 Å². The summed E-state index contributed by atoms with van der Waals surface area (Å²) < 4.78 is 24.3. The van der Waals surface area contributed by atoms with Crippen LogP contribution in [-0.4, -0.2) is 42.3 Å². The highest BCUT2D eigenvalue weighted by Gasteiger charge is 2.62. The standard InChI is InChI=1S/C25H30NO7PSi/c1-16-21-20(17(2)33-35(3,4)5)24(27)26(21)22(25(28)29)23(16)32-34(30-18-12-8-6-9-13-18)31-19-14-10-7-11-15-19/h6-17,20-21H,1-5H3,(H,28,29)/t16-,17-,20-,21-/m1/s1. The molecule has 10 heteroatoms. The number of aliphatic carboxylic acids is 1. The number of benzene rings is 2. The van der Waals surface area contributed by atoms with Crippen molar-refractivity contribution in [2.45, 2.75) is 45.6 Å². The zero-order chi connectivity index (χ0) is 25.3. The van der Waals surface area contributed by atoms with Crippen LogP contribution in [0.15, 0.2) is 72.1 Å². The Bertz CT molecular complexity index is 1060. The van der Waals surface area contributed by atoms with E-state index >= 15 is 0 Å². The molecule has 4 atom stereocenters. The molecule has 186 valence electrons. The fourth-order valence-electron chi connectivity index (χ4n) is 4.53. The van der Waals surface area contributed by atoms with E-state index < -0.39 is 28.8 Å². The third kappa shape index (κ3) is 5.37. The van der Waals surface area contributed by atoms with Crippen LogP contribution in [0.2, 0.25) is 19.6 Å². The van der Waals surface area contributed by atoms with Gasteiger partial charge in [-0.3, -0.25) is 9.69 Å². The lowest BCUT2D eigenvalue weighted by atomic mass is 9.79. The molecule has 2 aromatic carbocycles. The fraction of sp³-hybridized carbons (Fsp3) is 0.360. The molecular formula is C25H30NO7PSi. The highest BCUT2D eigenvalue weighted by Crippen LogP contribution is 2.53. The van der Waals surface area contributed by atoms with Gasteiger partial charge in [-0.1, -0.05) is 43.3 Å². The number of rotatable bonds is 10. The van der Waals surface area contributed by atoms with Crippen molar-refractivity contribution in [2.24, 2.45) is 11.8 Å². The number of nitrogens with zero attached hydrogens (tertiary/aromatic N) is 1. The van der Waals surface area contributed by atoms with Gasteiger partial charge in [-0.15, -0.1) is 0 Å². The van der Waals surface area contributed by atoms with E-state index in [4.69, 9.17) is 18.0 Å². The normalized spacial score (nSPS) is 22.5. The molecule has 2 aliphatic rings. The summed E-state index contributed by atoms with van der Waals surface area (Å²) in [6, 6.07) is 17.7. The van der Waals surface area contributed by atoms with Gasteiger partial charge in [0.25, 0.3) is 0 Å². The lowest BCUT2D eigenvalue weighted by Crippen LogP contribution is -2.64. The van der Waals surface area contributed by atoms with Crippen LogP contribution in [0.25, 0.3) is 0 Å². The number of hydrogen-bond donors (Lipinski definition) is 1. The Morgan fingerprint density at radius 3 is 1.94 bits per heavy atom. The average molecular weight is 516 g/mol. The van der Waals surface area contributed by atoms with E-state index in [0.717, 1.165) is 0 Å². The second kappa shape index (κ2) is 10.0. The Labute approximate surface area is 207 Å². The molecule has 0 radical (unpaired) electrons. The molecule has 0 aromatic heterocycles. The van der Waals surface area contributed by atoms with Gasteiger partial charge in [-0.25, -0.2) is 4.79 Å². The van der Waals surface area contributed by atoms with Gasteiger partial charge in [0.15, 0.2) is 14.0 Å². The van der Waals surface area contributed by atoms with Crippen molar-refractivity contribution in [2.75, 3.05) is 0 Å². The summed E-state index contributed by atoms with van der Waals surface area (Å²) >= 11 is 0. The molecule has 1 fully saturated rings. The summed E-state index contributed by atoms with van der Waals surface area (Å²) in [5.74, 6) is -1.09. The maximum absolute atomic E-state index is 13.1. The summed E-state index contributed by atoms with van der Waals surface area (Å²) in [6.07, 6.45) is -0.324. The van der Waals surface area contributed by atoms with Crippen LogP contribution in [0.4, 0.5) is 0 Å². The SMILES string of the molecule is C[C@@H](O[Si](C)(C)C)[C@H]1C(=O)N2C(C(=O)O)=C(OP(Oc3ccccc3)Oc3ccccc3)[C@H](C)[C@H]12. The summed E-state index contributed by atoms with van der Waals surface area (Å²) in [5.41, 5.74) is -0.162. The Morgan fingerprint density at radius 1 is 0.971 bits per heavy atom. The number of carbonyl (C=O) groups excluding carboxylic acids is 1. The summed E-state index contributed by atoms with van der Waals surface area (Å²) in [4.78, 5) is 26.7. The first kappa shape index (κ1) is 25.2. The first-order valence-corrected chi connectivity index (χ1v) is 16.0. The molecule has 0 saturated carbocycles. The number of carbonyl (C=O) groups is 2. The summed E-state index contributed by atoms with van der Waals surface area (Å²) in [5, 5.41) is 10.0. The van der Waals surface area contributed by atoms with Gasteiger partial charge in [0, 0.05) is 5.92 Å². The van der Waals surface area contributed by atoms with Gasteiger partial charge in [0.2, 0.25) is 5.91 Å². The van der Waals surface area contributed by atoms with E-state index in [1.165, 1.54) is 4.90 Å². The molecule has 1 amide bonds. The van der Waals surface area contributed by atoms with Gasteiger partial charge < -0.3 is 23.1 Å². The van der Waals surface area contributed by atoms with Crippen molar-refractivity contribution in [3.63, 3.8) is 0 Å². The first-order chi connectivity index (χ1) is 16.6. The molecule has 4 rings (SSSR count). The van der Waals surface area contributed by atoms with Crippen molar-refractivity contribution in [1.29, 1.82) is 0 Å². The number of fused-ring (bicyclic) bond motifs is 1. The Morgan fingerprint density at radius 2 is 1.49 bits per heavy atom. The number of β-lactam (4-membered cyclic amide) rings is 1. The van der Waals surface area contributed by atoms with E-state index in [1.807, 2.05) is 50.2 Å². The molecular weight excluding hydrogens is 485 g/mol. The second-order valence-electron chi connectivity index (χ2n) is 9.59. The van der Waals surface area contributed by atoms with Crippen LogP contribution in [-0.2, 0) is 18.5 Å². The van der Waals surface area contributed by atoms with E-state index in [2.05, 4.69) is 19.6 Å². The van der Waals surface area contributed by atoms with Crippen LogP contribution >= 0.6 is 8.60 Å². The largest absolute Gasteiger partial charge is 0.530 e. The number of carboxylic acid groups (broad SMARTS) is 1. The highest BCUT2D eigenvalue weighted by molar-refractivity contribution is 7.42. The van der Waals surface area contributed by atoms with Crippen molar-refractivity contribution in [1.82, 2.24) is 4.90 Å². The first-order valence-electron chi connectivity index (χ1n) is 11.5. The predicted molar refractivity (Wildman–Crippen MR) is 134 cm³/mol. The van der Waals surface area contributed by atoms with Gasteiger partial charge >= 0.3 is 14.6 Å². The van der Waals surface area contributed by atoms with Crippen molar-refractivity contribution in [3.8, 4) is 11.5 Å². The lowest BCUT2D eigenvalue weighted by Gasteiger charge is -2.48. The summed E-state index contributed by atoms with van der Waals surface area (Å²) in [6.45, 7) is 9.93. The molecule has 0 aliphatic carbocycles.